The molecule has 3 nitrogen and oxygen atoms in total. The molecule has 0 aliphatic heterocycles. The van der Waals surface area contributed by atoms with Gasteiger partial charge in [0.1, 0.15) is 10.8 Å². The lowest BCUT2D eigenvalue weighted by Crippen LogP contribution is -2.00. The number of nitrogens with zero attached hydrogens (tertiary/aromatic N) is 2. The fourth-order valence-corrected chi connectivity index (χ4v) is 1.40. The fourth-order valence-electron chi connectivity index (χ4n) is 0.955. The highest BCUT2D eigenvalue weighted by molar-refractivity contribution is 9.10. The van der Waals surface area contributed by atoms with Crippen molar-refractivity contribution in [3.8, 4) is 5.88 Å². The number of hydrogen-bond acceptors (Lipinski definition) is 3. The van der Waals surface area contributed by atoms with E-state index < -0.39 is 0 Å². The molecule has 0 radical (unpaired) electrons. The van der Waals surface area contributed by atoms with Crippen molar-refractivity contribution >= 4 is 27.5 Å². The molecule has 0 aliphatic carbocycles. The zero-order valence-electron chi connectivity index (χ0n) is 7.96. The number of halogens is 2. The molecule has 0 N–H and O–H groups in total. The quantitative estimate of drug-likeness (QED) is 0.611. The molecule has 0 aromatic carbocycles. The summed E-state index contributed by atoms with van der Waals surface area (Å²) in [5.41, 5.74) is 0. The first-order valence-corrected chi connectivity index (χ1v) is 5.71. The van der Waals surface area contributed by atoms with Gasteiger partial charge in [-0.05, 0) is 22.4 Å². The number of rotatable bonds is 5. The van der Waals surface area contributed by atoms with Crippen LogP contribution in [0, 0.1) is 0 Å². The second kappa shape index (κ2) is 6.19. The normalized spacial score (nSPS) is 10.2. The standard InChI is InChI=1S/C9H12BrClN2O/c1-2-3-4-5-14-9-7(10)8(11)12-6-13-9/h6H,2-5H2,1H3. The van der Waals surface area contributed by atoms with Gasteiger partial charge in [-0.15, -0.1) is 0 Å². The van der Waals surface area contributed by atoms with Crippen LogP contribution in [0.25, 0.3) is 0 Å². The maximum atomic E-state index is 5.78. The summed E-state index contributed by atoms with van der Waals surface area (Å²) >= 11 is 9.04. The van der Waals surface area contributed by atoms with Crippen LogP contribution in [0.2, 0.25) is 5.15 Å². The first-order chi connectivity index (χ1) is 6.75. The van der Waals surface area contributed by atoms with Crippen LogP contribution in [-0.4, -0.2) is 16.6 Å². The Balaban J connectivity index is 2.46. The van der Waals surface area contributed by atoms with Crippen LogP contribution < -0.4 is 4.74 Å². The average molecular weight is 280 g/mol. The minimum Gasteiger partial charge on any atom is -0.477 e. The maximum Gasteiger partial charge on any atom is 0.232 e. The zero-order valence-corrected chi connectivity index (χ0v) is 10.3. The molecular weight excluding hydrogens is 267 g/mol. The van der Waals surface area contributed by atoms with Crippen molar-refractivity contribution in [3.63, 3.8) is 0 Å². The van der Waals surface area contributed by atoms with E-state index in [2.05, 4.69) is 32.8 Å². The molecule has 1 aromatic heterocycles. The molecule has 0 spiro atoms. The van der Waals surface area contributed by atoms with E-state index in [0.717, 1.165) is 12.8 Å². The second-order valence-corrected chi connectivity index (χ2v) is 3.99. The molecule has 0 bridgehead atoms. The minimum absolute atomic E-state index is 0.380. The predicted molar refractivity (Wildman–Crippen MR) is 59.8 cm³/mol. The Morgan fingerprint density at radius 1 is 1.43 bits per heavy atom. The molecule has 78 valence electrons. The lowest BCUT2D eigenvalue weighted by molar-refractivity contribution is 0.292. The van der Waals surface area contributed by atoms with Crippen molar-refractivity contribution in [2.45, 2.75) is 26.2 Å². The smallest absolute Gasteiger partial charge is 0.232 e. The first-order valence-electron chi connectivity index (χ1n) is 4.54. The molecule has 0 atom stereocenters. The van der Waals surface area contributed by atoms with E-state index in [-0.39, 0.29) is 0 Å². The molecule has 0 fully saturated rings. The van der Waals surface area contributed by atoms with Gasteiger partial charge in [-0.1, -0.05) is 31.4 Å². The number of unbranched alkanes of at least 4 members (excludes halogenated alkanes) is 2. The molecule has 5 heteroatoms. The topological polar surface area (TPSA) is 35.0 Å². The van der Waals surface area contributed by atoms with E-state index in [1.54, 1.807) is 0 Å². The Kier molecular flexibility index (Phi) is 5.19. The molecule has 0 amide bonds. The van der Waals surface area contributed by atoms with Crippen molar-refractivity contribution in [2.75, 3.05) is 6.61 Å². The number of aromatic nitrogens is 2. The van der Waals surface area contributed by atoms with Gasteiger partial charge in [-0.2, -0.15) is 0 Å². The Morgan fingerprint density at radius 3 is 2.93 bits per heavy atom. The zero-order chi connectivity index (χ0) is 10.4. The van der Waals surface area contributed by atoms with Gasteiger partial charge < -0.3 is 4.74 Å². The Labute approximate surface area is 97.0 Å². The van der Waals surface area contributed by atoms with Gasteiger partial charge in [0, 0.05) is 0 Å². The van der Waals surface area contributed by atoms with Crippen LogP contribution in [0.3, 0.4) is 0 Å². The molecule has 0 aliphatic rings. The SMILES string of the molecule is CCCCCOc1ncnc(Cl)c1Br. The fraction of sp³-hybridized carbons (Fsp3) is 0.556. The summed E-state index contributed by atoms with van der Waals surface area (Å²) < 4.78 is 6.06. The van der Waals surface area contributed by atoms with Crippen LogP contribution in [0.15, 0.2) is 10.8 Å². The Hall–Kier alpha value is -0.350. The van der Waals surface area contributed by atoms with Crippen LogP contribution in [0.5, 0.6) is 5.88 Å². The lowest BCUT2D eigenvalue weighted by Gasteiger charge is -2.06. The summed E-state index contributed by atoms with van der Waals surface area (Å²) in [6, 6.07) is 0. The van der Waals surface area contributed by atoms with Crippen molar-refractivity contribution < 1.29 is 4.74 Å². The van der Waals surface area contributed by atoms with Crippen LogP contribution in [-0.2, 0) is 0 Å². The summed E-state index contributed by atoms with van der Waals surface area (Å²) in [7, 11) is 0. The summed E-state index contributed by atoms with van der Waals surface area (Å²) in [5.74, 6) is 0.515. The third-order valence-corrected chi connectivity index (χ3v) is 2.93. The van der Waals surface area contributed by atoms with Crippen molar-refractivity contribution in [1.29, 1.82) is 0 Å². The first kappa shape index (κ1) is 11.7. The van der Waals surface area contributed by atoms with Crippen molar-refractivity contribution in [3.05, 3.63) is 16.0 Å². The number of hydrogen-bond donors (Lipinski definition) is 0. The van der Waals surface area contributed by atoms with E-state index in [0.29, 0.717) is 22.1 Å². The highest BCUT2D eigenvalue weighted by Crippen LogP contribution is 2.27. The van der Waals surface area contributed by atoms with Gasteiger partial charge in [0.2, 0.25) is 5.88 Å². The van der Waals surface area contributed by atoms with Gasteiger partial charge >= 0.3 is 0 Å². The summed E-state index contributed by atoms with van der Waals surface area (Å²) in [4.78, 5) is 7.78. The molecule has 0 saturated carbocycles. The van der Waals surface area contributed by atoms with E-state index in [1.165, 1.54) is 12.7 Å². The summed E-state index contributed by atoms with van der Waals surface area (Å²) in [5, 5.41) is 0.380. The molecular formula is C9H12BrClN2O. The third kappa shape index (κ3) is 3.42. The monoisotopic (exact) mass is 278 g/mol. The van der Waals surface area contributed by atoms with E-state index in [1.807, 2.05) is 0 Å². The third-order valence-electron chi connectivity index (χ3n) is 1.70. The maximum absolute atomic E-state index is 5.78. The van der Waals surface area contributed by atoms with E-state index in [4.69, 9.17) is 16.3 Å². The summed E-state index contributed by atoms with van der Waals surface area (Å²) in [6.45, 7) is 2.82. The minimum atomic E-state index is 0.380. The van der Waals surface area contributed by atoms with Crippen LogP contribution in [0.4, 0.5) is 0 Å². The van der Waals surface area contributed by atoms with Gasteiger partial charge in [-0.3, -0.25) is 0 Å². The van der Waals surface area contributed by atoms with Crippen molar-refractivity contribution in [2.24, 2.45) is 0 Å². The molecule has 1 rings (SSSR count). The van der Waals surface area contributed by atoms with E-state index in [9.17, 15) is 0 Å². The van der Waals surface area contributed by atoms with Gasteiger partial charge in [0.15, 0.2) is 5.15 Å². The van der Waals surface area contributed by atoms with E-state index >= 15 is 0 Å². The largest absolute Gasteiger partial charge is 0.477 e. The van der Waals surface area contributed by atoms with Gasteiger partial charge in [0.05, 0.1) is 6.61 Å². The van der Waals surface area contributed by atoms with Gasteiger partial charge in [-0.25, -0.2) is 9.97 Å². The molecule has 1 heterocycles. The molecule has 14 heavy (non-hydrogen) atoms. The van der Waals surface area contributed by atoms with Crippen LogP contribution in [0.1, 0.15) is 26.2 Å². The average Bonchev–Trinajstić information content (AvgIpc) is 2.19. The Bertz CT molecular complexity index is 296. The molecule has 0 saturated heterocycles. The molecule has 1 aromatic rings. The van der Waals surface area contributed by atoms with Gasteiger partial charge in [0.25, 0.3) is 0 Å². The highest BCUT2D eigenvalue weighted by Gasteiger charge is 2.06. The second-order valence-electron chi connectivity index (χ2n) is 2.84. The highest BCUT2D eigenvalue weighted by atomic mass is 79.9. The lowest BCUT2D eigenvalue weighted by atomic mass is 10.3. The van der Waals surface area contributed by atoms with Crippen molar-refractivity contribution in [1.82, 2.24) is 9.97 Å². The summed E-state index contributed by atoms with van der Waals surface area (Å²) in [6.07, 6.45) is 4.76. The Morgan fingerprint density at radius 2 is 2.21 bits per heavy atom. The number of ether oxygens (including phenoxy) is 1. The van der Waals surface area contributed by atoms with Crippen LogP contribution >= 0.6 is 27.5 Å². The predicted octanol–water partition coefficient (Wildman–Crippen LogP) is 3.46. The molecule has 0 unspecified atom stereocenters.